The normalized spacial score (nSPS) is 19.9. The van der Waals surface area contributed by atoms with Gasteiger partial charge in [-0.3, -0.25) is 15.0 Å². The lowest BCUT2D eigenvalue weighted by Crippen LogP contribution is -2.42. The summed E-state index contributed by atoms with van der Waals surface area (Å²) in [4.78, 5) is 25.1. The number of hydrazine groups is 1. The summed E-state index contributed by atoms with van der Waals surface area (Å²) in [6, 6.07) is 7.54. The number of amides is 2. The number of nitrogens with one attached hydrogen (secondary N) is 2. The molecule has 2 N–H and O–H groups in total. The van der Waals surface area contributed by atoms with Crippen LogP contribution in [0.4, 0.5) is 5.00 Å². The second-order valence-corrected chi connectivity index (χ2v) is 11.1. The molecule has 2 atom stereocenters. The van der Waals surface area contributed by atoms with Crippen LogP contribution >= 0.6 is 11.3 Å². The molecular weight excluding hydrogens is 436 g/mol. The SMILES string of the molecule is CC1CC(C)CN(S(=O)(=O)c2ccc(C(=O)Nc3sccc3C(=O)NN(C)C)cc2)C1. The van der Waals surface area contributed by atoms with Gasteiger partial charge in [0.1, 0.15) is 5.00 Å². The number of hydrogen-bond donors (Lipinski definition) is 2. The molecule has 2 amide bonds. The van der Waals surface area contributed by atoms with Crippen LogP contribution in [0.15, 0.2) is 40.6 Å². The minimum absolute atomic E-state index is 0.174. The fourth-order valence-corrected chi connectivity index (χ4v) is 6.21. The van der Waals surface area contributed by atoms with Crippen LogP contribution in [0.1, 0.15) is 41.0 Å². The number of thiophene rings is 1. The molecule has 31 heavy (non-hydrogen) atoms. The van der Waals surface area contributed by atoms with Gasteiger partial charge < -0.3 is 5.32 Å². The second kappa shape index (κ2) is 9.47. The molecule has 0 radical (unpaired) electrons. The van der Waals surface area contributed by atoms with Gasteiger partial charge in [-0.25, -0.2) is 13.4 Å². The van der Waals surface area contributed by atoms with Gasteiger partial charge in [0.25, 0.3) is 11.8 Å². The summed E-state index contributed by atoms with van der Waals surface area (Å²) in [5, 5.41) is 6.40. The maximum atomic E-state index is 13.0. The van der Waals surface area contributed by atoms with Gasteiger partial charge in [0.05, 0.1) is 10.5 Å². The maximum absolute atomic E-state index is 13.0. The van der Waals surface area contributed by atoms with E-state index >= 15 is 0 Å². The Hall–Kier alpha value is -2.27. The van der Waals surface area contributed by atoms with Gasteiger partial charge in [0, 0.05) is 32.7 Å². The molecule has 2 aromatic rings. The molecule has 2 unspecified atom stereocenters. The Morgan fingerprint density at radius 1 is 1.03 bits per heavy atom. The average Bonchev–Trinajstić information content (AvgIpc) is 3.15. The van der Waals surface area contributed by atoms with Crippen molar-refractivity contribution in [3.8, 4) is 0 Å². The summed E-state index contributed by atoms with van der Waals surface area (Å²) < 4.78 is 27.5. The standard InChI is InChI=1S/C21H28N4O4S2/c1-14-11-15(2)13-25(12-14)31(28,29)17-7-5-16(6-8-17)19(26)22-21-18(9-10-30-21)20(27)23-24(3)4/h5-10,14-15H,11-13H2,1-4H3,(H,22,26)(H,23,27). The van der Waals surface area contributed by atoms with Crippen LogP contribution in [0, 0.1) is 11.8 Å². The fourth-order valence-electron chi connectivity index (χ4n) is 3.75. The molecule has 1 aliphatic heterocycles. The van der Waals surface area contributed by atoms with Gasteiger partial charge in [0.2, 0.25) is 10.0 Å². The lowest BCUT2D eigenvalue weighted by Gasteiger charge is -2.34. The largest absolute Gasteiger partial charge is 0.313 e. The lowest BCUT2D eigenvalue weighted by atomic mass is 9.94. The summed E-state index contributed by atoms with van der Waals surface area (Å²) in [6.45, 7) is 5.13. The van der Waals surface area contributed by atoms with Crippen molar-refractivity contribution >= 4 is 38.2 Å². The van der Waals surface area contributed by atoms with E-state index in [0.717, 1.165) is 6.42 Å². The number of benzene rings is 1. The number of sulfonamides is 1. The van der Waals surface area contributed by atoms with Crippen molar-refractivity contribution in [1.29, 1.82) is 0 Å². The second-order valence-electron chi connectivity index (χ2n) is 8.25. The van der Waals surface area contributed by atoms with Gasteiger partial charge >= 0.3 is 0 Å². The van der Waals surface area contributed by atoms with Crippen molar-refractivity contribution in [2.45, 2.75) is 25.2 Å². The van der Waals surface area contributed by atoms with E-state index < -0.39 is 15.9 Å². The summed E-state index contributed by atoms with van der Waals surface area (Å²) in [5.74, 6) is -0.111. The average molecular weight is 465 g/mol. The Balaban J connectivity index is 1.73. The van der Waals surface area contributed by atoms with E-state index in [-0.39, 0.29) is 10.8 Å². The number of carbonyl (C=O) groups excluding carboxylic acids is 2. The Kier molecular flexibility index (Phi) is 7.15. The molecule has 1 fully saturated rings. The monoisotopic (exact) mass is 464 g/mol. The number of carbonyl (C=O) groups is 2. The Labute approximate surface area is 187 Å². The zero-order chi connectivity index (χ0) is 22.8. The molecule has 0 spiro atoms. The van der Waals surface area contributed by atoms with E-state index in [1.807, 2.05) is 0 Å². The van der Waals surface area contributed by atoms with Crippen LogP contribution in [0.5, 0.6) is 0 Å². The van der Waals surface area contributed by atoms with Crippen LogP contribution in [0.3, 0.4) is 0 Å². The first-order chi connectivity index (χ1) is 14.6. The molecule has 1 aromatic heterocycles. The third kappa shape index (κ3) is 5.51. The first-order valence-electron chi connectivity index (χ1n) is 10.0. The van der Waals surface area contributed by atoms with E-state index in [2.05, 4.69) is 24.6 Å². The van der Waals surface area contributed by atoms with E-state index in [4.69, 9.17) is 0 Å². The topological polar surface area (TPSA) is 98.8 Å². The van der Waals surface area contributed by atoms with Crippen molar-refractivity contribution in [2.75, 3.05) is 32.5 Å². The molecule has 0 bridgehead atoms. The van der Waals surface area contributed by atoms with Gasteiger partial charge in [-0.05, 0) is 54.0 Å². The van der Waals surface area contributed by atoms with E-state index in [0.29, 0.717) is 41.1 Å². The smallest absolute Gasteiger partial charge is 0.268 e. The van der Waals surface area contributed by atoms with Gasteiger partial charge in [-0.2, -0.15) is 4.31 Å². The minimum atomic E-state index is -3.60. The van der Waals surface area contributed by atoms with E-state index in [1.54, 1.807) is 25.5 Å². The maximum Gasteiger partial charge on any atom is 0.268 e. The predicted molar refractivity (Wildman–Crippen MR) is 122 cm³/mol. The van der Waals surface area contributed by atoms with E-state index in [9.17, 15) is 18.0 Å². The van der Waals surface area contributed by atoms with Crippen LogP contribution in [0.2, 0.25) is 0 Å². The third-order valence-corrected chi connectivity index (χ3v) is 7.73. The molecule has 1 aliphatic rings. The summed E-state index contributed by atoms with van der Waals surface area (Å²) in [6.07, 6.45) is 1.02. The molecule has 1 aromatic carbocycles. The molecule has 10 heteroatoms. The number of rotatable bonds is 6. The minimum Gasteiger partial charge on any atom is -0.313 e. The van der Waals surface area contributed by atoms with Crippen molar-refractivity contribution in [3.05, 3.63) is 46.8 Å². The van der Waals surface area contributed by atoms with Crippen LogP contribution < -0.4 is 10.7 Å². The molecule has 8 nitrogen and oxygen atoms in total. The highest BCUT2D eigenvalue weighted by molar-refractivity contribution is 7.89. The molecule has 0 aliphatic carbocycles. The quantitative estimate of drug-likeness (QED) is 0.641. The number of nitrogens with zero attached hydrogens (tertiary/aromatic N) is 2. The first-order valence-corrected chi connectivity index (χ1v) is 12.4. The Morgan fingerprint density at radius 2 is 1.65 bits per heavy atom. The molecule has 2 heterocycles. The van der Waals surface area contributed by atoms with Crippen molar-refractivity contribution < 1.29 is 18.0 Å². The zero-order valence-corrected chi connectivity index (χ0v) is 19.7. The Morgan fingerprint density at radius 3 is 2.23 bits per heavy atom. The number of hydrogen-bond acceptors (Lipinski definition) is 6. The predicted octanol–water partition coefficient (Wildman–Crippen LogP) is 2.87. The summed E-state index contributed by atoms with van der Waals surface area (Å²) in [5.41, 5.74) is 3.31. The lowest BCUT2D eigenvalue weighted by molar-refractivity contribution is 0.0858. The van der Waals surface area contributed by atoms with Crippen molar-refractivity contribution in [1.82, 2.24) is 14.7 Å². The van der Waals surface area contributed by atoms with E-state index in [1.165, 1.54) is 44.9 Å². The van der Waals surface area contributed by atoms with Crippen LogP contribution in [-0.2, 0) is 10.0 Å². The van der Waals surface area contributed by atoms with Crippen molar-refractivity contribution in [2.24, 2.45) is 11.8 Å². The van der Waals surface area contributed by atoms with Crippen LogP contribution in [-0.4, -0.2) is 56.7 Å². The van der Waals surface area contributed by atoms with Crippen LogP contribution in [0.25, 0.3) is 0 Å². The highest BCUT2D eigenvalue weighted by Crippen LogP contribution is 2.27. The number of anilines is 1. The highest BCUT2D eigenvalue weighted by Gasteiger charge is 2.31. The molecule has 3 rings (SSSR count). The molecule has 1 saturated heterocycles. The van der Waals surface area contributed by atoms with Gasteiger partial charge in [-0.1, -0.05) is 13.8 Å². The Bertz CT molecular complexity index is 1040. The highest BCUT2D eigenvalue weighted by atomic mass is 32.2. The fraction of sp³-hybridized carbons (Fsp3) is 0.429. The first kappa shape index (κ1) is 23.4. The van der Waals surface area contributed by atoms with Crippen molar-refractivity contribution in [3.63, 3.8) is 0 Å². The molecule has 168 valence electrons. The molecule has 0 saturated carbocycles. The number of piperidine rings is 1. The third-order valence-electron chi connectivity index (χ3n) is 5.05. The summed E-state index contributed by atoms with van der Waals surface area (Å²) >= 11 is 1.24. The van der Waals surface area contributed by atoms with Gasteiger partial charge in [-0.15, -0.1) is 11.3 Å². The summed E-state index contributed by atoms with van der Waals surface area (Å²) in [7, 11) is -0.208. The zero-order valence-electron chi connectivity index (χ0n) is 18.1. The van der Waals surface area contributed by atoms with Gasteiger partial charge in [0.15, 0.2) is 0 Å². The molecular formula is C21H28N4O4S2.